The Morgan fingerprint density at radius 3 is 2.71 bits per heavy atom. The van der Waals surface area contributed by atoms with Gasteiger partial charge in [-0.1, -0.05) is 19.3 Å². The van der Waals surface area contributed by atoms with Gasteiger partial charge < -0.3 is 15.3 Å². The first-order valence-corrected chi connectivity index (χ1v) is 8.91. The van der Waals surface area contributed by atoms with E-state index in [1.165, 1.54) is 44.7 Å². The van der Waals surface area contributed by atoms with Gasteiger partial charge in [-0.3, -0.25) is 0 Å². The lowest BCUT2D eigenvalue weighted by Crippen LogP contribution is -2.31. The van der Waals surface area contributed by atoms with Gasteiger partial charge in [0.05, 0.1) is 0 Å². The number of likely N-dealkylation sites (tertiary alicyclic amines) is 1. The van der Waals surface area contributed by atoms with Crippen molar-refractivity contribution >= 4 is 18.0 Å². The number of rotatable bonds is 6. The second-order valence-corrected chi connectivity index (χ2v) is 6.91. The minimum Gasteiger partial charge on any atom is -0.478 e. The van der Waals surface area contributed by atoms with Crippen molar-refractivity contribution in [1.82, 2.24) is 14.9 Å². The molecule has 0 bridgehead atoms. The van der Waals surface area contributed by atoms with Gasteiger partial charge in [0.25, 0.3) is 0 Å². The number of carboxylic acid groups (broad SMARTS) is 1. The van der Waals surface area contributed by atoms with E-state index in [9.17, 15) is 4.79 Å². The number of aliphatic carboxylic acids is 1. The van der Waals surface area contributed by atoms with E-state index < -0.39 is 5.97 Å². The fraction of sp³-hybridized carbons (Fsp3) is 0.611. The molecule has 1 aliphatic heterocycles. The topological polar surface area (TPSA) is 78.3 Å². The van der Waals surface area contributed by atoms with E-state index in [0.717, 1.165) is 31.5 Å². The first-order chi connectivity index (χ1) is 11.7. The van der Waals surface area contributed by atoms with Crippen molar-refractivity contribution in [2.24, 2.45) is 5.92 Å². The Kier molecular flexibility index (Phi) is 5.80. The molecular weight excluding hydrogens is 304 g/mol. The van der Waals surface area contributed by atoms with Crippen LogP contribution in [-0.4, -0.2) is 51.6 Å². The zero-order valence-corrected chi connectivity index (χ0v) is 14.0. The lowest BCUT2D eigenvalue weighted by Gasteiger charge is -2.26. The Labute approximate surface area is 143 Å². The average Bonchev–Trinajstić information content (AvgIpc) is 3.02. The predicted molar refractivity (Wildman–Crippen MR) is 93.7 cm³/mol. The minimum atomic E-state index is -0.971. The molecule has 0 unspecified atom stereocenters. The van der Waals surface area contributed by atoms with Crippen molar-refractivity contribution in [3.05, 3.63) is 24.0 Å². The van der Waals surface area contributed by atoms with Gasteiger partial charge in [0.2, 0.25) is 5.95 Å². The zero-order chi connectivity index (χ0) is 16.8. The van der Waals surface area contributed by atoms with E-state index >= 15 is 0 Å². The molecule has 2 aliphatic rings. The number of hydrogen-bond donors (Lipinski definition) is 2. The van der Waals surface area contributed by atoms with Gasteiger partial charge in [-0.15, -0.1) is 0 Å². The van der Waals surface area contributed by atoms with E-state index in [0.29, 0.717) is 17.6 Å². The summed E-state index contributed by atoms with van der Waals surface area (Å²) < 4.78 is 0. The van der Waals surface area contributed by atoms with Crippen LogP contribution in [0.3, 0.4) is 0 Å². The van der Waals surface area contributed by atoms with Crippen LogP contribution in [0.15, 0.2) is 18.5 Å². The van der Waals surface area contributed by atoms with Crippen LogP contribution in [0.5, 0.6) is 0 Å². The minimum absolute atomic E-state index is 0.397. The molecule has 24 heavy (non-hydrogen) atoms. The molecule has 0 aromatic carbocycles. The molecule has 2 N–H and O–H groups in total. The molecule has 0 radical (unpaired) electrons. The van der Waals surface area contributed by atoms with Crippen LogP contribution >= 0.6 is 0 Å². The number of anilines is 1. The lowest BCUT2D eigenvalue weighted by atomic mass is 9.89. The van der Waals surface area contributed by atoms with Crippen LogP contribution < -0.4 is 5.32 Å². The molecule has 1 saturated carbocycles. The second-order valence-electron chi connectivity index (χ2n) is 6.91. The summed E-state index contributed by atoms with van der Waals surface area (Å²) >= 11 is 0. The fourth-order valence-electron chi connectivity index (χ4n) is 3.70. The summed E-state index contributed by atoms with van der Waals surface area (Å²) in [4.78, 5) is 21.6. The van der Waals surface area contributed by atoms with Gasteiger partial charge >= 0.3 is 5.97 Å². The van der Waals surface area contributed by atoms with Crippen molar-refractivity contribution in [3.63, 3.8) is 0 Å². The summed E-state index contributed by atoms with van der Waals surface area (Å²) in [6, 6.07) is 0.397. The fourth-order valence-corrected chi connectivity index (χ4v) is 3.70. The molecule has 1 aliphatic carbocycles. The molecule has 1 atom stereocenters. The van der Waals surface area contributed by atoms with Crippen LogP contribution in [0.25, 0.3) is 6.08 Å². The maximum atomic E-state index is 10.5. The monoisotopic (exact) mass is 330 g/mol. The van der Waals surface area contributed by atoms with E-state index in [4.69, 9.17) is 5.11 Å². The highest BCUT2D eigenvalue weighted by Crippen LogP contribution is 2.26. The van der Waals surface area contributed by atoms with Gasteiger partial charge in [0.1, 0.15) is 0 Å². The summed E-state index contributed by atoms with van der Waals surface area (Å²) in [5, 5.41) is 12.0. The van der Waals surface area contributed by atoms with Gasteiger partial charge in [0.15, 0.2) is 0 Å². The SMILES string of the molecule is O=C(O)/C=C/c1cnc(N[C@@H]2CCN(CC3CCCCC3)C2)nc1. The molecule has 2 fully saturated rings. The van der Waals surface area contributed by atoms with Crippen LogP contribution in [0.2, 0.25) is 0 Å². The Bertz CT molecular complexity index is 567. The first-order valence-electron chi connectivity index (χ1n) is 8.91. The largest absolute Gasteiger partial charge is 0.478 e. The summed E-state index contributed by atoms with van der Waals surface area (Å²) in [6.07, 6.45) is 14.0. The lowest BCUT2D eigenvalue weighted by molar-refractivity contribution is -0.131. The van der Waals surface area contributed by atoms with Crippen molar-refractivity contribution in [2.45, 2.75) is 44.6 Å². The third kappa shape index (κ3) is 5.03. The Balaban J connectivity index is 1.45. The molecule has 6 heteroatoms. The molecule has 1 aromatic heterocycles. The highest BCUT2D eigenvalue weighted by Gasteiger charge is 2.25. The standard InChI is InChI=1S/C18H26N4O2/c23-17(24)7-6-15-10-19-18(20-11-15)21-16-8-9-22(13-16)12-14-4-2-1-3-5-14/h6-7,10-11,14,16H,1-5,8-9,12-13H2,(H,23,24)(H,19,20,21)/b7-6+/t16-/m1/s1. The van der Waals surface area contributed by atoms with E-state index in [2.05, 4.69) is 20.2 Å². The molecule has 2 heterocycles. The highest BCUT2D eigenvalue weighted by molar-refractivity contribution is 5.85. The van der Waals surface area contributed by atoms with E-state index in [1.807, 2.05) is 0 Å². The predicted octanol–water partition coefficient (Wildman–Crippen LogP) is 2.64. The summed E-state index contributed by atoms with van der Waals surface area (Å²) in [5.74, 6) is 0.530. The molecule has 0 spiro atoms. The average molecular weight is 330 g/mol. The molecule has 130 valence electrons. The van der Waals surface area contributed by atoms with Crippen molar-refractivity contribution < 1.29 is 9.90 Å². The third-order valence-electron chi connectivity index (χ3n) is 4.94. The Hall–Kier alpha value is -1.95. The number of carbonyl (C=O) groups is 1. The zero-order valence-electron chi connectivity index (χ0n) is 14.0. The van der Waals surface area contributed by atoms with Gasteiger partial charge in [-0.05, 0) is 31.3 Å². The van der Waals surface area contributed by atoms with Gasteiger partial charge in [-0.25, -0.2) is 14.8 Å². The van der Waals surface area contributed by atoms with E-state index in [1.54, 1.807) is 12.4 Å². The number of nitrogens with zero attached hydrogens (tertiary/aromatic N) is 3. The normalized spacial score (nSPS) is 22.9. The van der Waals surface area contributed by atoms with Crippen LogP contribution in [0.1, 0.15) is 44.1 Å². The summed E-state index contributed by atoms with van der Waals surface area (Å²) in [5.41, 5.74) is 0.688. The number of aromatic nitrogens is 2. The van der Waals surface area contributed by atoms with Crippen LogP contribution in [-0.2, 0) is 4.79 Å². The third-order valence-corrected chi connectivity index (χ3v) is 4.94. The number of hydrogen-bond acceptors (Lipinski definition) is 5. The second kappa shape index (κ2) is 8.24. The van der Waals surface area contributed by atoms with E-state index in [-0.39, 0.29) is 0 Å². The maximum Gasteiger partial charge on any atom is 0.328 e. The molecule has 1 saturated heterocycles. The Morgan fingerprint density at radius 1 is 1.25 bits per heavy atom. The maximum absolute atomic E-state index is 10.5. The smallest absolute Gasteiger partial charge is 0.328 e. The Morgan fingerprint density at radius 2 is 2.00 bits per heavy atom. The van der Waals surface area contributed by atoms with Gasteiger partial charge in [0, 0.05) is 49.7 Å². The molecule has 6 nitrogen and oxygen atoms in total. The van der Waals surface area contributed by atoms with Crippen LogP contribution in [0, 0.1) is 5.92 Å². The van der Waals surface area contributed by atoms with Crippen molar-refractivity contribution in [1.29, 1.82) is 0 Å². The number of carboxylic acids is 1. The van der Waals surface area contributed by atoms with Crippen molar-refractivity contribution in [2.75, 3.05) is 25.0 Å². The van der Waals surface area contributed by atoms with Crippen molar-refractivity contribution in [3.8, 4) is 0 Å². The summed E-state index contributed by atoms with van der Waals surface area (Å²) in [6.45, 7) is 3.44. The summed E-state index contributed by atoms with van der Waals surface area (Å²) in [7, 11) is 0. The highest BCUT2D eigenvalue weighted by atomic mass is 16.4. The molecule has 0 amide bonds. The first kappa shape index (κ1) is 16.9. The molecule has 1 aromatic rings. The van der Waals surface area contributed by atoms with Crippen LogP contribution in [0.4, 0.5) is 5.95 Å². The van der Waals surface area contributed by atoms with Gasteiger partial charge in [-0.2, -0.15) is 0 Å². The quantitative estimate of drug-likeness (QED) is 0.781. The molecular formula is C18H26N4O2. The number of nitrogens with one attached hydrogen (secondary N) is 1. The molecule has 3 rings (SSSR count).